The minimum absolute atomic E-state index is 0.0836. The summed E-state index contributed by atoms with van der Waals surface area (Å²) in [6.45, 7) is 3.53. The minimum Gasteiger partial charge on any atom is -0.375 e. The predicted molar refractivity (Wildman–Crippen MR) is 75.0 cm³/mol. The Morgan fingerprint density at radius 2 is 1.86 bits per heavy atom. The number of para-hydroxylation sites is 1. The number of hydrogen-bond acceptors (Lipinski definition) is 4. The van der Waals surface area contributed by atoms with Crippen molar-refractivity contribution in [2.45, 2.75) is 31.2 Å². The first-order valence-corrected chi connectivity index (χ1v) is 7.83. The van der Waals surface area contributed by atoms with Crippen LogP contribution < -0.4 is 4.18 Å². The number of hydrogen-bond donors (Lipinski definition) is 0. The summed E-state index contributed by atoms with van der Waals surface area (Å²) in [5.41, 5.74) is -5.73. The van der Waals surface area contributed by atoms with Crippen LogP contribution in [-0.2, 0) is 10.1 Å². The van der Waals surface area contributed by atoms with Gasteiger partial charge in [-0.3, -0.25) is 4.79 Å². The third-order valence-electron chi connectivity index (χ3n) is 2.73. The largest absolute Gasteiger partial charge is 0.534 e. The molecule has 0 bridgehead atoms. The maximum absolute atomic E-state index is 12.3. The van der Waals surface area contributed by atoms with Crippen LogP contribution in [0.4, 0.5) is 13.2 Å². The zero-order chi connectivity index (χ0) is 16.8. The van der Waals surface area contributed by atoms with E-state index in [9.17, 15) is 26.4 Å². The zero-order valence-electron chi connectivity index (χ0n) is 11.6. The molecule has 0 saturated heterocycles. The number of Topliss-reactive ketones (excluding diaryl/α,β-unsaturated/α-hetero) is 1. The van der Waals surface area contributed by atoms with Crippen LogP contribution >= 0.6 is 0 Å². The van der Waals surface area contributed by atoms with Gasteiger partial charge in [-0.05, 0) is 31.4 Å². The van der Waals surface area contributed by atoms with Crippen molar-refractivity contribution in [1.82, 2.24) is 0 Å². The van der Waals surface area contributed by atoms with Gasteiger partial charge in [-0.2, -0.15) is 21.6 Å². The van der Waals surface area contributed by atoms with Crippen LogP contribution in [0.5, 0.6) is 5.75 Å². The molecule has 122 valence electrons. The van der Waals surface area contributed by atoms with Crippen LogP contribution in [0, 0.1) is 0 Å². The molecule has 8 heteroatoms. The molecule has 0 N–H and O–H groups in total. The molecule has 1 aromatic rings. The van der Waals surface area contributed by atoms with Crippen molar-refractivity contribution in [3.8, 4) is 5.75 Å². The van der Waals surface area contributed by atoms with Gasteiger partial charge in [0.25, 0.3) is 0 Å². The van der Waals surface area contributed by atoms with Crippen LogP contribution in [-0.4, -0.2) is 19.7 Å². The van der Waals surface area contributed by atoms with Crippen LogP contribution in [0.25, 0.3) is 0 Å². The lowest BCUT2D eigenvalue weighted by molar-refractivity contribution is -0.0500. The number of allylic oxidation sites excluding steroid dienone is 1. The number of halogens is 3. The third kappa shape index (κ3) is 4.87. The first-order valence-electron chi connectivity index (χ1n) is 6.43. The molecule has 22 heavy (non-hydrogen) atoms. The molecule has 0 heterocycles. The predicted octanol–water partition coefficient (Wildman–Crippen LogP) is 3.84. The maximum Gasteiger partial charge on any atom is 0.534 e. The van der Waals surface area contributed by atoms with Crippen molar-refractivity contribution in [1.29, 1.82) is 0 Å². The van der Waals surface area contributed by atoms with Crippen molar-refractivity contribution in [2.24, 2.45) is 0 Å². The van der Waals surface area contributed by atoms with Crippen molar-refractivity contribution < 1.29 is 30.6 Å². The minimum atomic E-state index is -5.80. The molecule has 0 aliphatic heterocycles. The van der Waals surface area contributed by atoms with E-state index < -0.39 is 27.2 Å². The molecule has 0 unspecified atom stereocenters. The Balaban J connectivity index is 2.91. The first-order chi connectivity index (χ1) is 10.2. The number of benzene rings is 1. The van der Waals surface area contributed by atoms with Gasteiger partial charge in [0.05, 0.1) is 5.56 Å². The Morgan fingerprint density at radius 1 is 1.23 bits per heavy atom. The van der Waals surface area contributed by atoms with Gasteiger partial charge in [0.15, 0.2) is 11.5 Å². The van der Waals surface area contributed by atoms with Gasteiger partial charge in [0, 0.05) is 6.42 Å². The highest BCUT2D eigenvalue weighted by molar-refractivity contribution is 7.88. The first kappa shape index (κ1) is 18.2. The average Bonchev–Trinajstić information content (AvgIpc) is 2.42. The number of carbonyl (C=O) groups excluding carboxylic acids is 1. The Bertz CT molecular complexity index is 636. The molecule has 4 nitrogen and oxygen atoms in total. The van der Waals surface area contributed by atoms with Crippen LogP contribution in [0.2, 0.25) is 0 Å². The second-order valence-electron chi connectivity index (χ2n) is 4.44. The van der Waals surface area contributed by atoms with E-state index in [1.165, 1.54) is 18.2 Å². The maximum atomic E-state index is 12.3. The van der Waals surface area contributed by atoms with Gasteiger partial charge in [0.1, 0.15) is 0 Å². The second kappa shape index (κ2) is 7.44. The Hall–Kier alpha value is -1.83. The van der Waals surface area contributed by atoms with Gasteiger partial charge in [-0.15, -0.1) is 6.58 Å². The highest BCUT2D eigenvalue weighted by Crippen LogP contribution is 2.29. The second-order valence-corrected chi connectivity index (χ2v) is 5.97. The van der Waals surface area contributed by atoms with E-state index in [0.29, 0.717) is 19.3 Å². The molecule has 0 amide bonds. The topological polar surface area (TPSA) is 60.4 Å². The number of unbranched alkanes of at least 4 members (excludes halogenated alkanes) is 2. The van der Waals surface area contributed by atoms with Crippen LogP contribution in [0.3, 0.4) is 0 Å². The number of rotatable bonds is 8. The molecular formula is C14H15F3O4S. The molecule has 0 aliphatic carbocycles. The molecular weight excluding hydrogens is 321 g/mol. The van der Waals surface area contributed by atoms with E-state index >= 15 is 0 Å². The molecule has 1 rings (SSSR count). The molecule has 0 aromatic heterocycles. The van der Waals surface area contributed by atoms with Crippen molar-refractivity contribution in [3.63, 3.8) is 0 Å². The van der Waals surface area contributed by atoms with Gasteiger partial charge in [-0.25, -0.2) is 0 Å². The average molecular weight is 336 g/mol. The molecule has 0 aliphatic rings. The van der Waals surface area contributed by atoms with E-state index in [1.54, 1.807) is 6.08 Å². The Labute approximate surface area is 126 Å². The van der Waals surface area contributed by atoms with Crippen LogP contribution in [0.15, 0.2) is 36.9 Å². The van der Waals surface area contributed by atoms with Crippen molar-refractivity contribution in [3.05, 3.63) is 42.5 Å². The lowest BCUT2D eigenvalue weighted by atomic mass is 10.0. The highest BCUT2D eigenvalue weighted by Gasteiger charge is 2.48. The molecule has 1 aromatic carbocycles. The molecule has 0 saturated carbocycles. The van der Waals surface area contributed by atoms with Gasteiger partial charge in [0.2, 0.25) is 0 Å². The van der Waals surface area contributed by atoms with Gasteiger partial charge in [-0.1, -0.05) is 18.2 Å². The SMILES string of the molecule is C=CCCCCC(=O)c1ccccc1OS(=O)(=O)C(F)(F)F. The summed E-state index contributed by atoms with van der Waals surface area (Å²) in [4.78, 5) is 12.0. The van der Waals surface area contributed by atoms with E-state index in [1.807, 2.05) is 0 Å². The molecule has 0 fully saturated rings. The monoisotopic (exact) mass is 336 g/mol. The van der Waals surface area contributed by atoms with Gasteiger partial charge >= 0.3 is 15.6 Å². The van der Waals surface area contributed by atoms with Crippen LogP contribution in [0.1, 0.15) is 36.0 Å². The van der Waals surface area contributed by atoms with E-state index in [2.05, 4.69) is 10.8 Å². The Kier molecular flexibility index (Phi) is 6.16. The summed E-state index contributed by atoms with van der Waals surface area (Å²) in [6, 6.07) is 4.96. The summed E-state index contributed by atoms with van der Waals surface area (Å²) in [7, 11) is -5.80. The Morgan fingerprint density at radius 3 is 2.45 bits per heavy atom. The molecule has 0 radical (unpaired) electrons. The lowest BCUT2D eigenvalue weighted by Gasteiger charge is -2.12. The summed E-state index contributed by atoms with van der Waals surface area (Å²) < 4.78 is 63.1. The molecule has 0 spiro atoms. The highest BCUT2D eigenvalue weighted by atomic mass is 32.2. The number of ketones is 1. The number of carbonyl (C=O) groups is 1. The smallest absolute Gasteiger partial charge is 0.375 e. The summed E-state index contributed by atoms with van der Waals surface area (Å²) in [5, 5.41) is 0. The zero-order valence-corrected chi connectivity index (χ0v) is 12.4. The fraction of sp³-hybridized carbons (Fsp3) is 0.357. The fourth-order valence-electron chi connectivity index (χ4n) is 1.64. The van der Waals surface area contributed by atoms with Crippen molar-refractivity contribution in [2.75, 3.05) is 0 Å². The number of alkyl halides is 3. The quantitative estimate of drug-likeness (QED) is 0.238. The van der Waals surface area contributed by atoms with E-state index in [0.717, 1.165) is 6.07 Å². The van der Waals surface area contributed by atoms with Crippen molar-refractivity contribution >= 4 is 15.9 Å². The summed E-state index contributed by atoms with van der Waals surface area (Å²) in [5.74, 6) is -1.09. The standard InChI is InChI=1S/C14H15F3O4S/c1-2-3-4-5-9-12(18)11-8-6-7-10-13(11)21-22(19,20)14(15,16)17/h2,6-8,10H,1,3-5,9H2. The third-order valence-corrected chi connectivity index (χ3v) is 3.70. The lowest BCUT2D eigenvalue weighted by Crippen LogP contribution is -2.28. The normalized spacial score (nSPS) is 12.0. The summed E-state index contributed by atoms with van der Waals surface area (Å²) in [6.07, 6.45) is 3.72. The molecule has 0 atom stereocenters. The van der Waals surface area contributed by atoms with Gasteiger partial charge < -0.3 is 4.18 Å². The fourth-order valence-corrected chi connectivity index (χ4v) is 2.12. The van der Waals surface area contributed by atoms with E-state index in [-0.39, 0.29) is 12.0 Å². The summed E-state index contributed by atoms with van der Waals surface area (Å²) >= 11 is 0. The van der Waals surface area contributed by atoms with E-state index in [4.69, 9.17) is 0 Å².